The molecule has 1 fully saturated rings. The fraction of sp³-hybridized carbons (Fsp3) is 0.562. The first-order valence-electron chi connectivity index (χ1n) is 7.52. The number of carbonyl (C=O) groups excluding carboxylic acids is 1. The lowest BCUT2D eigenvalue weighted by Gasteiger charge is -2.35. The van der Waals surface area contributed by atoms with Crippen molar-refractivity contribution in [2.24, 2.45) is 11.7 Å². The van der Waals surface area contributed by atoms with Gasteiger partial charge in [-0.1, -0.05) is 11.6 Å². The van der Waals surface area contributed by atoms with Crippen molar-refractivity contribution in [2.75, 3.05) is 25.0 Å². The Morgan fingerprint density at radius 3 is 2.64 bits per heavy atom. The molecule has 0 aromatic heterocycles. The second kappa shape index (κ2) is 6.94. The molecule has 0 saturated carbocycles. The first-order chi connectivity index (χ1) is 10.2. The van der Waals surface area contributed by atoms with Crippen LogP contribution in [0, 0.1) is 11.7 Å². The molecule has 0 radical (unpaired) electrons. The zero-order valence-electron chi connectivity index (χ0n) is 13.0. The second-order valence-corrected chi connectivity index (χ2v) is 7.06. The lowest BCUT2D eigenvalue weighted by atomic mass is 9.94. The van der Waals surface area contributed by atoms with Crippen molar-refractivity contribution in [3.63, 3.8) is 0 Å². The van der Waals surface area contributed by atoms with Crippen molar-refractivity contribution in [2.45, 2.75) is 32.2 Å². The van der Waals surface area contributed by atoms with E-state index in [2.05, 4.69) is 10.2 Å². The predicted octanol–water partition coefficient (Wildman–Crippen LogP) is 2.87. The Labute approximate surface area is 135 Å². The summed E-state index contributed by atoms with van der Waals surface area (Å²) in [5.41, 5.74) is 6.33. The Hall–Kier alpha value is -1.17. The summed E-state index contributed by atoms with van der Waals surface area (Å²) in [7, 11) is 0. The third kappa shape index (κ3) is 4.93. The van der Waals surface area contributed by atoms with Gasteiger partial charge in [0.15, 0.2) is 0 Å². The lowest BCUT2D eigenvalue weighted by Crippen LogP contribution is -2.48. The van der Waals surface area contributed by atoms with E-state index in [0.29, 0.717) is 5.69 Å². The molecule has 1 aliphatic rings. The molecule has 1 aromatic carbocycles. The monoisotopic (exact) mass is 327 g/mol. The number of benzene rings is 1. The highest BCUT2D eigenvalue weighted by molar-refractivity contribution is 6.31. The zero-order chi connectivity index (χ0) is 16.3. The summed E-state index contributed by atoms with van der Waals surface area (Å²) in [6, 6.07) is 4.20. The van der Waals surface area contributed by atoms with Gasteiger partial charge in [0, 0.05) is 23.7 Å². The van der Waals surface area contributed by atoms with Gasteiger partial charge in [0.1, 0.15) is 5.82 Å². The van der Waals surface area contributed by atoms with Gasteiger partial charge in [0.25, 0.3) is 0 Å². The SMILES string of the molecule is CC(C)(N)CN1CCC(C(=O)Nc2ccc(F)c(Cl)c2)CC1. The summed E-state index contributed by atoms with van der Waals surface area (Å²) in [6.07, 6.45) is 1.60. The van der Waals surface area contributed by atoms with Gasteiger partial charge >= 0.3 is 0 Å². The molecule has 0 aliphatic carbocycles. The summed E-state index contributed by atoms with van der Waals surface area (Å²) >= 11 is 5.72. The molecule has 1 saturated heterocycles. The van der Waals surface area contributed by atoms with Crippen molar-refractivity contribution in [1.82, 2.24) is 4.90 Å². The maximum absolute atomic E-state index is 13.1. The smallest absolute Gasteiger partial charge is 0.227 e. The molecule has 4 nitrogen and oxygen atoms in total. The van der Waals surface area contributed by atoms with Crippen LogP contribution in [0.2, 0.25) is 5.02 Å². The molecule has 22 heavy (non-hydrogen) atoms. The Bertz CT molecular complexity index is 537. The van der Waals surface area contributed by atoms with E-state index in [1.807, 2.05) is 13.8 Å². The highest BCUT2D eigenvalue weighted by Crippen LogP contribution is 2.23. The van der Waals surface area contributed by atoms with Gasteiger partial charge in [0.2, 0.25) is 5.91 Å². The highest BCUT2D eigenvalue weighted by atomic mass is 35.5. The van der Waals surface area contributed by atoms with Gasteiger partial charge in [-0.05, 0) is 58.0 Å². The van der Waals surface area contributed by atoms with Crippen LogP contribution in [-0.4, -0.2) is 36.0 Å². The van der Waals surface area contributed by atoms with Crippen LogP contribution < -0.4 is 11.1 Å². The molecular weight excluding hydrogens is 305 g/mol. The van der Waals surface area contributed by atoms with E-state index in [4.69, 9.17) is 17.3 Å². The number of amides is 1. The van der Waals surface area contributed by atoms with Crippen LogP contribution in [0.1, 0.15) is 26.7 Å². The third-order valence-electron chi connectivity index (χ3n) is 3.78. The number of hydrogen-bond donors (Lipinski definition) is 2. The molecule has 6 heteroatoms. The first kappa shape index (κ1) is 17.2. The number of rotatable bonds is 4. The van der Waals surface area contributed by atoms with Crippen LogP contribution in [0.5, 0.6) is 0 Å². The van der Waals surface area contributed by atoms with Crippen molar-refractivity contribution >= 4 is 23.2 Å². The molecule has 1 aromatic rings. The fourth-order valence-electron chi connectivity index (χ4n) is 2.75. The van der Waals surface area contributed by atoms with Gasteiger partial charge in [-0.25, -0.2) is 4.39 Å². The third-order valence-corrected chi connectivity index (χ3v) is 4.07. The Morgan fingerprint density at radius 1 is 1.45 bits per heavy atom. The predicted molar refractivity (Wildman–Crippen MR) is 87.5 cm³/mol. The topological polar surface area (TPSA) is 58.4 Å². The Morgan fingerprint density at radius 2 is 2.09 bits per heavy atom. The summed E-state index contributed by atoms with van der Waals surface area (Å²) in [5, 5.41) is 2.82. The largest absolute Gasteiger partial charge is 0.326 e. The quantitative estimate of drug-likeness (QED) is 0.894. The summed E-state index contributed by atoms with van der Waals surface area (Å²) in [4.78, 5) is 14.6. The van der Waals surface area contributed by atoms with E-state index < -0.39 is 5.82 Å². The average molecular weight is 328 g/mol. The van der Waals surface area contributed by atoms with E-state index in [0.717, 1.165) is 32.5 Å². The lowest BCUT2D eigenvalue weighted by molar-refractivity contribution is -0.121. The van der Waals surface area contributed by atoms with E-state index in [9.17, 15) is 9.18 Å². The van der Waals surface area contributed by atoms with Crippen LogP contribution in [0.25, 0.3) is 0 Å². The minimum atomic E-state index is -0.489. The molecule has 2 rings (SSSR count). The van der Waals surface area contributed by atoms with E-state index in [1.54, 1.807) is 0 Å². The number of carbonyl (C=O) groups is 1. The molecule has 0 unspecified atom stereocenters. The van der Waals surface area contributed by atoms with Crippen LogP contribution in [0.3, 0.4) is 0 Å². The first-order valence-corrected chi connectivity index (χ1v) is 7.89. The van der Waals surface area contributed by atoms with Crippen molar-refractivity contribution in [3.05, 3.63) is 29.0 Å². The molecule has 0 atom stereocenters. The van der Waals surface area contributed by atoms with Crippen molar-refractivity contribution < 1.29 is 9.18 Å². The number of hydrogen-bond acceptors (Lipinski definition) is 3. The van der Waals surface area contributed by atoms with Crippen LogP contribution in [-0.2, 0) is 4.79 Å². The van der Waals surface area contributed by atoms with Crippen LogP contribution >= 0.6 is 11.6 Å². The number of piperidine rings is 1. The number of nitrogens with two attached hydrogens (primary N) is 1. The number of nitrogens with zero attached hydrogens (tertiary/aromatic N) is 1. The number of nitrogens with one attached hydrogen (secondary N) is 1. The Balaban J connectivity index is 1.86. The van der Waals surface area contributed by atoms with Gasteiger partial charge in [-0.3, -0.25) is 4.79 Å². The average Bonchev–Trinajstić information content (AvgIpc) is 2.42. The Kier molecular flexibility index (Phi) is 5.42. The second-order valence-electron chi connectivity index (χ2n) is 6.66. The van der Waals surface area contributed by atoms with Crippen LogP contribution in [0.4, 0.5) is 10.1 Å². The van der Waals surface area contributed by atoms with Gasteiger partial charge < -0.3 is 16.0 Å². The van der Waals surface area contributed by atoms with Gasteiger partial charge in [-0.15, -0.1) is 0 Å². The van der Waals surface area contributed by atoms with Crippen molar-refractivity contribution in [1.29, 1.82) is 0 Å². The zero-order valence-corrected chi connectivity index (χ0v) is 13.8. The normalized spacial score (nSPS) is 17.5. The fourth-order valence-corrected chi connectivity index (χ4v) is 2.93. The standard InChI is InChI=1S/C16H23ClFN3O/c1-16(2,19)10-21-7-5-11(6-8-21)15(22)20-12-3-4-14(18)13(17)9-12/h3-4,9,11H,5-8,10,19H2,1-2H3,(H,20,22). The molecule has 0 spiro atoms. The minimum Gasteiger partial charge on any atom is -0.326 e. The minimum absolute atomic E-state index is 0.0118. The summed E-state index contributed by atoms with van der Waals surface area (Å²) in [6.45, 7) is 6.56. The molecule has 0 bridgehead atoms. The van der Waals surface area contributed by atoms with E-state index in [-0.39, 0.29) is 22.4 Å². The van der Waals surface area contributed by atoms with Crippen LogP contribution in [0.15, 0.2) is 18.2 Å². The molecule has 3 N–H and O–H groups in total. The summed E-state index contributed by atoms with van der Waals surface area (Å²) < 4.78 is 13.1. The van der Waals surface area contributed by atoms with Gasteiger partial charge in [0.05, 0.1) is 5.02 Å². The molecule has 1 heterocycles. The molecular formula is C16H23ClFN3O. The van der Waals surface area contributed by atoms with Crippen molar-refractivity contribution in [3.8, 4) is 0 Å². The van der Waals surface area contributed by atoms with E-state index >= 15 is 0 Å². The van der Waals surface area contributed by atoms with Gasteiger partial charge in [-0.2, -0.15) is 0 Å². The number of anilines is 1. The molecule has 1 aliphatic heterocycles. The number of halogens is 2. The maximum atomic E-state index is 13.1. The summed E-state index contributed by atoms with van der Waals surface area (Å²) in [5.74, 6) is -0.548. The molecule has 122 valence electrons. The number of likely N-dealkylation sites (tertiary alicyclic amines) is 1. The van der Waals surface area contributed by atoms with E-state index in [1.165, 1.54) is 18.2 Å². The highest BCUT2D eigenvalue weighted by Gasteiger charge is 2.27. The maximum Gasteiger partial charge on any atom is 0.227 e. The molecule has 1 amide bonds.